The zero-order valence-corrected chi connectivity index (χ0v) is 14.0. The molecular weight excluding hydrogens is 288 g/mol. The monoisotopic (exact) mass is 314 g/mol. The van der Waals surface area contributed by atoms with E-state index in [1.807, 2.05) is 12.1 Å². The van der Waals surface area contributed by atoms with Gasteiger partial charge in [0.05, 0.1) is 5.92 Å². The lowest BCUT2D eigenvalue weighted by Crippen LogP contribution is -2.39. The minimum Gasteiger partial charge on any atom is -0.371 e. The highest BCUT2D eigenvalue weighted by molar-refractivity contribution is 6.00. The maximum Gasteiger partial charge on any atom is 0.234 e. The smallest absolute Gasteiger partial charge is 0.234 e. The minimum absolute atomic E-state index is 0.156. The number of nitrogens with zero attached hydrogens (tertiary/aromatic N) is 1. The number of rotatable bonds is 4. The number of carbonyl (C=O) groups excluding carboxylic acids is 2. The SMILES string of the molecule is CC(C)CC1CCN(c2ccc(C3CCC(=O)NC3=O)cc2)C1. The van der Waals surface area contributed by atoms with Crippen molar-refractivity contribution in [1.29, 1.82) is 0 Å². The summed E-state index contributed by atoms with van der Waals surface area (Å²) in [6.07, 6.45) is 3.61. The van der Waals surface area contributed by atoms with Crippen molar-refractivity contribution in [2.75, 3.05) is 18.0 Å². The molecule has 4 heteroatoms. The van der Waals surface area contributed by atoms with Gasteiger partial charge in [-0.05, 0) is 48.8 Å². The normalized spacial score (nSPS) is 25.1. The molecule has 0 spiro atoms. The highest BCUT2D eigenvalue weighted by Gasteiger charge is 2.28. The van der Waals surface area contributed by atoms with Crippen molar-refractivity contribution in [3.8, 4) is 0 Å². The summed E-state index contributed by atoms with van der Waals surface area (Å²) < 4.78 is 0. The number of hydrogen-bond donors (Lipinski definition) is 1. The van der Waals surface area contributed by atoms with Crippen LogP contribution in [0.5, 0.6) is 0 Å². The summed E-state index contributed by atoms with van der Waals surface area (Å²) in [6, 6.07) is 8.34. The molecule has 1 aromatic rings. The third-order valence-corrected chi connectivity index (χ3v) is 4.99. The van der Waals surface area contributed by atoms with Gasteiger partial charge in [-0.15, -0.1) is 0 Å². The first kappa shape index (κ1) is 16.0. The molecule has 2 unspecified atom stereocenters. The Morgan fingerprint density at radius 1 is 1.17 bits per heavy atom. The van der Waals surface area contributed by atoms with E-state index in [0.29, 0.717) is 12.8 Å². The molecule has 3 rings (SSSR count). The third kappa shape index (κ3) is 3.74. The quantitative estimate of drug-likeness (QED) is 0.869. The van der Waals surface area contributed by atoms with Crippen molar-refractivity contribution in [2.24, 2.45) is 11.8 Å². The van der Waals surface area contributed by atoms with Gasteiger partial charge in [0.15, 0.2) is 0 Å². The van der Waals surface area contributed by atoms with Crippen LogP contribution in [0.3, 0.4) is 0 Å². The van der Waals surface area contributed by atoms with Gasteiger partial charge in [-0.3, -0.25) is 14.9 Å². The predicted octanol–water partition coefficient (Wildman–Crippen LogP) is 3.08. The van der Waals surface area contributed by atoms with E-state index in [9.17, 15) is 9.59 Å². The molecule has 23 heavy (non-hydrogen) atoms. The van der Waals surface area contributed by atoms with E-state index in [1.165, 1.54) is 18.5 Å². The molecule has 0 saturated carbocycles. The number of amides is 2. The van der Waals surface area contributed by atoms with Crippen LogP contribution in [-0.2, 0) is 9.59 Å². The first-order valence-electron chi connectivity index (χ1n) is 8.71. The molecule has 1 N–H and O–H groups in total. The number of imide groups is 1. The van der Waals surface area contributed by atoms with Crippen LogP contribution in [0.1, 0.15) is 51.0 Å². The lowest BCUT2D eigenvalue weighted by atomic mass is 9.90. The summed E-state index contributed by atoms with van der Waals surface area (Å²) in [4.78, 5) is 25.6. The number of piperidine rings is 1. The van der Waals surface area contributed by atoms with Gasteiger partial charge in [0.25, 0.3) is 0 Å². The van der Waals surface area contributed by atoms with Gasteiger partial charge in [0.2, 0.25) is 11.8 Å². The van der Waals surface area contributed by atoms with Gasteiger partial charge in [-0.25, -0.2) is 0 Å². The molecule has 1 aromatic carbocycles. The molecule has 2 heterocycles. The molecule has 2 aliphatic rings. The second kappa shape index (κ2) is 6.73. The Hall–Kier alpha value is -1.84. The van der Waals surface area contributed by atoms with E-state index in [4.69, 9.17) is 0 Å². The number of anilines is 1. The largest absolute Gasteiger partial charge is 0.371 e. The predicted molar refractivity (Wildman–Crippen MR) is 91.3 cm³/mol. The Morgan fingerprint density at radius 2 is 1.91 bits per heavy atom. The van der Waals surface area contributed by atoms with Crippen LogP contribution in [0.25, 0.3) is 0 Å². The van der Waals surface area contributed by atoms with Gasteiger partial charge < -0.3 is 4.90 Å². The first-order valence-corrected chi connectivity index (χ1v) is 8.71. The van der Waals surface area contributed by atoms with Gasteiger partial charge in [-0.1, -0.05) is 26.0 Å². The highest BCUT2D eigenvalue weighted by Crippen LogP contribution is 2.30. The van der Waals surface area contributed by atoms with Crippen molar-refractivity contribution >= 4 is 17.5 Å². The Balaban J connectivity index is 1.64. The van der Waals surface area contributed by atoms with E-state index in [-0.39, 0.29) is 17.7 Å². The molecule has 0 radical (unpaired) electrons. The Bertz CT molecular complexity index is 580. The summed E-state index contributed by atoms with van der Waals surface area (Å²) in [5.74, 6) is 1.05. The van der Waals surface area contributed by atoms with Crippen molar-refractivity contribution < 1.29 is 9.59 Å². The van der Waals surface area contributed by atoms with E-state index in [2.05, 4.69) is 36.2 Å². The fraction of sp³-hybridized carbons (Fsp3) is 0.579. The Morgan fingerprint density at radius 3 is 2.57 bits per heavy atom. The number of nitrogens with one attached hydrogen (secondary N) is 1. The number of carbonyl (C=O) groups is 2. The summed E-state index contributed by atoms with van der Waals surface area (Å²) in [6.45, 7) is 6.83. The molecule has 2 atom stereocenters. The lowest BCUT2D eigenvalue weighted by Gasteiger charge is -2.23. The van der Waals surface area contributed by atoms with Gasteiger partial charge in [-0.2, -0.15) is 0 Å². The second-order valence-electron chi connectivity index (χ2n) is 7.33. The molecule has 0 aliphatic carbocycles. The molecule has 4 nitrogen and oxygen atoms in total. The lowest BCUT2D eigenvalue weighted by molar-refractivity contribution is -0.134. The summed E-state index contributed by atoms with van der Waals surface area (Å²) in [5.41, 5.74) is 2.25. The maximum absolute atomic E-state index is 11.9. The van der Waals surface area contributed by atoms with Crippen molar-refractivity contribution in [1.82, 2.24) is 5.32 Å². The first-order chi connectivity index (χ1) is 11.0. The van der Waals surface area contributed by atoms with Gasteiger partial charge in [0.1, 0.15) is 0 Å². The summed E-state index contributed by atoms with van der Waals surface area (Å²) >= 11 is 0. The standard InChI is InChI=1S/C19H26N2O2/c1-13(2)11-14-9-10-21(12-14)16-5-3-15(4-6-16)17-7-8-18(22)20-19(17)23/h3-6,13-14,17H,7-12H2,1-2H3,(H,20,22,23). The average Bonchev–Trinajstić information content (AvgIpc) is 2.95. The molecule has 2 saturated heterocycles. The minimum atomic E-state index is -0.186. The molecular formula is C19H26N2O2. The van der Waals surface area contributed by atoms with Gasteiger partial charge >= 0.3 is 0 Å². The third-order valence-electron chi connectivity index (χ3n) is 4.99. The van der Waals surface area contributed by atoms with Crippen molar-refractivity contribution in [3.63, 3.8) is 0 Å². The summed E-state index contributed by atoms with van der Waals surface area (Å²) in [7, 11) is 0. The highest BCUT2D eigenvalue weighted by atomic mass is 16.2. The molecule has 124 valence electrons. The van der Waals surface area contributed by atoms with Crippen LogP contribution in [0, 0.1) is 11.8 Å². The van der Waals surface area contributed by atoms with Crippen LogP contribution in [0.15, 0.2) is 24.3 Å². The van der Waals surface area contributed by atoms with Crippen molar-refractivity contribution in [3.05, 3.63) is 29.8 Å². The van der Waals surface area contributed by atoms with E-state index in [1.54, 1.807) is 0 Å². The molecule has 2 amide bonds. The maximum atomic E-state index is 11.9. The van der Waals surface area contributed by atoms with Gasteiger partial charge in [0, 0.05) is 25.2 Å². The van der Waals surface area contributed by atoms with Crippen LogP contribution < -0.4 is 10.2 Å². The number of hydrogen-bond acceptors (Lipinski definition) is 3. The van der Waals surface area contributed by atoms with Crippen molar-refractivity contribution in [2.45, 2.75) is 45.4 Å². The second-order valence-corrected chi connectivity index (χ2v) is 7.33. The van der Waals surface area contributed by atoms with Crippen LogP contribution in [0.2, 0.25) is 0 Å². The van der Waals surface area contributed by atoms with E-state index >= 15 is 0 Å². The zero-order valence-electron chi connectivity index (χ0n) is 14.0. The van der Waals surface area contributed by atoms with E-state index < -0.39 is 0 Å². The zero-order chi connectivity index (χ0) is 16.4. The van der Waals surface area contributed by atoms with Crippen LogP contribution in [0.4, 0.5) is 5.69 Å². The molecule has 0 bridgehead atoms. The molecule has 2 fully saturated rings. The fourth-order valence-corrected chi connectivity index (χ4v) is 3.86. The summed E-state index contributed by atoms with van der Waals surface area (Å²) in [5, 5.41) is 2.43. The number of benzene rings is 1. The van der Waals surface area contributed by atoms with Crippen LogP contribution >= 0.6 is 0 Å². The topological polar surface area (TPSA) is 49.4 Å². The average molecular weight is 314 g/mol. The molecule has 0 aromatic heterocycles. The molecule has 2 aliphatic heterocycles. The fourth-order valence-electron chi connectivity index (χ4n) is 3.86. The van der Waals surface area contributed by atoms with Crippen LogP contribution in [-0.4, -0.2) is 24.9 Å². The van der Waals surface area contributed by atoms with E-state index in [0.717, 1.165) is 30.5 Å². The Labute approximate surface area is 138 Å². The Kier molecular flexibility index (Phi) is 4.69.